The Balaban J connectivity index is 1.66. The van der Waals surface area contributed by atoms with Crippen molar-refractivity contribution >= 4 is 5.91 Å². The van der Waals surface area contributed by atoms with E-state index in [1.807, 2.05) is 0 Å². The van der Waals surface area contributed by atoms with E-state index in [9.17, 15) is 18.0 Å². The number of halogens is 3. The molecule has 10 heteroatoms. The summed E-state index contributed by atoms with van der Waals surface area (Å²) in [6.07, 6.45) is 0.909. The van der Waals surface area contributed by atoms with Gasteiger partial charge in [0.15, 0.2) is 11.5 Å². The summed E-state index contributed by atoms with van der Waals surface area (Å²) >= 11 is 0. The van der Waals surface area contributed by atoms with Gasteiger partial charge in [0.1, 0.15) is 0 Å². The van der Waals surface area contributed by atoms with Crippen LogP contribution >= 0.6 is 0 Å². The summed E-state index contributed by atoms with van der Waals surface area (Å²) in [5, 5.41) is 10.4. The number of amides is 1. The first kappa shape index (κ1) is 17.3. The monoisotopic (exact) mass is 354 g/mol. The zero-order valence-corrected chi connectivity index (χ0v) is 13.2. The van der Waals surface area contributed by atoms with Crippen LogP contribution in [0.5, 0.6) is 0 Å². The van der Waals surface area contributed by atoms with Crippen LogP contribution in [0.4, 0.5) is 13.2 Å². The van der Waals surface area contributed by atoms with E-state index in [-0.39, 0.29) is 29.5 Å². The predicted octanol–water partition coefficient (Wildman–Crippen LogP) is 1.68. The van der Waals surface area contributed by atoms with E-state index < -0.39 is 11.7 Å². The summed E-state index contributed by atoms with van der Waals surface area (Å²) in [6, 6.07) is 2.29. The van der Waals surface area contributed by atoms with Gasteiger partial charge in [0.05, 0.1) is 11.8 Å². The Morgan fingerprint density at radius 1 is 1.24 bits per heavy atom. The van der Waals surface area contributed by atoms with Crippen LogP contribution < -0.4 is 11.1 Å². The topological polar surface area (TPSA) is 98.7 Å². The molecule has 1 amide bonds. The second-order valence-electron chi connectivity index (χ2n) is 6.04. The third kappa shape index (κ3) is 4.13. The summed E-state index contributed by atoms with van der Waals surface area (Å²) in [7, 11) is 0. The normalized spacial score (nSPS) is 21.1. The lowest BCUT2D eigenvalue weighted by Crippen LogP contribution is -2.40. The molecule has 1 aliphatic carbocycles. The van der Waals surface area contributed by atoms with Gasteiger partial charge in [0.2, 0.25) is 0 Å². The van der Waals surface area contributed by atoms with E-state index in [2.05, 4.69) is 20.6 Å². The molecule has 0 unspecified atom stereocenters. The second-order valence-corrected chi connectivity index (χ2v) is 6.04. The highest BCUT2D eigenvalue weighted by Gasteiger charge is 2.30. The summed E-state index contributed by atoms with van der Waals surface area (Å²) in [5.74, 6) is -0.234. The Morgan fingerprint density at radius 2 is 1.96 bits per heavy atom. The summed E-state index contributed by atoms with van der Waals surface area (Å²) in [5.41, 5.74) is 5.05. The van der Waals surface area contributed by atoms with Crippen LogP contribution in [0.15, 0.2) is 24.5 Å². The molecule has 0 atom stereocenters. The molecule has 3 rings (SSSR count). The standard InChI is InChI=1S/C15H17F3N6O/c16-15(17,18)9-1-6-13(20-7-9)24-8-12(22-23-24)14(25)21-11-4-2-10(19)3-5-11/h1,6-8,10-11H,2-5,19H2,(H,21,25). The van der Waals surface area contributed by atoms with Crippen LogP contribution in [-0.4, -0.2) is 38.0 Å². The molecule has 2 heterocycles. The number of hydrogen-bond donors (Lipinski definition) is 2. The molecule has 7 nitrogen and oxygen atoms in total. The Morgan fingerprint density at radius 3 is 2.56 bits per heavy atom. The first-order valence-electron chi connectivity index (χ1n) is 7.85. The fraction of sp³-hybridized carbons (Fsp3) is 0.467. The fourth-order valence-electron chi connectivity index (χ4n) is 2.69. The average Bonchev–Trinajstić information content (AvgIpc) is 3.06. The SMILES string of the molecule is NC1CCC(NC(=O)c2cn(-c3ccc(C(F)(F)F)cn3)nn2)CC1. The average molecular weight is 354 g/mol. The quantitative estimate of drug-likeness (QED) is 0.874. The number of rotatable bonds is 3. The van der Waals surface area contributed by atoms with E-state index in [4.69, 9.17) is 5.73 Å². The van der Waals surface area contributed by atoms with Crippen molar-refractivity contribution < 1.29 is 18.0 Å². The molecule has 134 valence electrons. The van der Waals surface area contributed by atoms with Gasteiger partial charge in [0.25, 0.3) is 5.91 Å². The van der Waals surface area contributed by atoms with Gasteiger partial charge in [-0.05, 0) is 37.8 Å². The van der Waals surface area contributed by atoms with Gasteiger partial charge in [-0.1, -0.05) is 5.21 Å². The minimum absolute atomic E-state index is 0.0432. The molecule has 0 spiro atoms. The fourth-order valence-corrected chi connectivity index (χ4v) is 2.69. The van der Waals surface area contributed by atoms with Crippen molar-refractivity contribution in [3.8, 4) is 5.82 Å². The molecule has 25 heavy (non-hydrogen) atoms. The van der Waals surface area contributed by atoms with Crippen LogP contribution in [0.25, 0.3) is 5.82 Å². The number of alkyl halides is 3. The van der Waals surface area contributed by atoms with Gasteiger partial charge in [-0.15, -0.1) is 5.10 Å². The maximum atomic E-state index is 12.5. The van der Waals surface area contributed by atoms with Crippen LogP contribution in [0.2, 0.25) is 0 Å². The Labute approximate surface area is 141 Å². The number of hydrogen-bond acceptors (Lipinski definition) is 5. The minimum Gasteiger partial charge on any atom is -0.348 e. The highest BCUT2D eigenvalue weighted by atomic mass is 19.4. The number of carbonyl (C=O) groups excluding carboxylic acids is 1. The van der Waals surface area contributed by atoms with Crippen molar-refractivity contribution in [1.29, 1.82) is 0 Å². The molecule has 0 bridgehead atoms. The molecular formula is C15H17F3N6O. The van der Waals surface area contributed by atoms with Crippen molar-refractivity contribution in [1.82, 2.24) is 25.3 Å². The lowest BCUT2D eigenvalue weighted by atomic mass is 9.92. The van der Waals surface area contributed by atoms with E-state index in [0.717, 1.165) is 36.4 Å². The van der Waals surface area contributed by atoms with E-state index in [0.29, 0.717) is 6.20 Å². The molecule has 1 fully saturated rings. The van der Waals surface area contributed by atoms with Gasteiger partial charge in [-0.25, -0.2) is 9.67 Å². The van der Waals surface area contributed by atoms with Crippen molar-refractivity contribution in [2.75, 3.05) is 0 Å². The molecule has 0 saturated heterocycles. The second kappa shape index (κ2) is 6.79. The smallest absolute Gasteiger partial charge is 0.348 e. The molecule has 0 aliphatic heterocycles. The van der Waals surface area contributed by atoms with Crippen molar-refractivity contribution in [3.05, 3.63) is 35.8 Å². The molecule has 0 aromatic carbocycles. The van der Waals surface area contributed by atoms with Gasteiger partial charge in [-0.3, -0.25) is 4.79 Å². The Bertz CT molecular complexity index is 734. The molecule has 1 saturated carbocycles. The highest BCUT2D eigenvalue weighted by Crippen LogP contribution is 2.28. The van der Waals surface area contributed by atoms with Crippen molar-refractivity contribution in [2.45, 2.75) is 43.9 Å². The predicted molar refractivity (Wildman–Crippen MR) is 81.9 cm³/mol. The maximum Gasteiger partial charge on any atom is 0.417 e. The Kier molecular flexibility index (Phi) is 4.71. The molecule has 2 aromatic rings. The van der Waals surface area contributed by atoms with Crippen LogP contribution in [0, 0.1) is 0 Å². The third-order valence-corrected chi connectivity index (χ3v) is 4.14. The van der Waals surface area contributed by atoms with Gasteiger partial charge >= 0.3 is 6.18 Å². The number of nitrogens with zero attached hydrogens (tertiary/aromatic N) is 4. The van der Waals surface area contributed by atoms with Crippen LogP contribution in [0.1, 0.15) is 41.7 Å². The van der Waals surface area contributed by atoms with Crippen LogP contribution in [-0.2, 0) is 6.18 Å². The molecular weight excluding hydrogens is 337 g/mol. The first-order chi connectivity index (χ1) is 11.8. The van der Waals surface area contributed by atoms with E-state index in [1.165, 1.54) is 12.3 Å². The number of nitrogens with one attached hydrogen (secondary N) is 1. The minimum atomic E-state index is -4.46. The zero-order valence-electron chi connectivity index (χ0n) is 13.2. The van der Waals surface area contributed by atoms with E-state index >= 15 is 0 Å². The summed E-state index contributed by atoms with van der Waals surface area (Å²) in [6.45, 7) is 0. The number of pyridine rings is 1. The molecule has 2 aromatic heterocycles. The summed E-state index contributed by atoms with van der Waals surface area (Å²) < 4.78 is 38.8. The number of carbonyl (C=O) groups is 1. The Hall–Kier alpha value is -2.49. The van der Waals surface area contributed by atoms with E-state index in [1.54, 1.807) is 0 Å². The lowest BCUT2D eigenvalue weighted by molar-refractivity contribution is -0.137. The number of nitrogens with two attached hydrogens (primary N) is 1. The number of aromatic nitrogens is 4. The van der Waals surface area contributed by atoms with Crippen molar-refractivity contribution in [2.24, 2.45) is 5.73 Å². The molecule has 3 N–H and O–H groups in total. The van der Waals surface area contributed by atoms with Gasteiger partial charge < -0.3 is 11.1 Å². The highest BCUT2D eigenvalue weighted by molar-refractivity contribution is 5.92. The lowest BCUT2D eigenvalue weighted by Gasteiger charge is -2.26. The molecule has 1 aliphatic rings. The maximum absolute atomic E-state index is 12.5. The van der Waals surface area contributed by atoms with Gasteiger partial charge in [-0.2, -0.15) is 13.2 Å². The van der Waals surface area contributed by atoms with Crippen molar-refractivity contribution in [3.63, 3.8) is 0 Å². The van der Waals surface area contributed by atoms with Crippen LogP contribution in [0.3, 0.4) is 0 Å². The largest absolute Gasteiger partial charge is 0.417 e. The zero-order chi connectivity index (χ0) is 18.0. The summed E-state index contributed by atoms with van der Waals surface area (Å²) in [4.78, 5) is 15.9. The first-order valence-corrected chi connectivity index (χ1v) is 7.85. The van der Waals surface area contributed by atoms with Gasteiger partial charge in [0, 0.05) is 18.3 Å². The molecule has 0 radical (unpaired) electrons. The third-order valence-electron chi connectivity index (χ3n) is 4.14.